The number of hydrogen-bond donors (Lipinski definition) is 0. The number of alkyl halides is 4. The average molecular weight is 337 g/mol. The highest BCUT2D eigenvalue weighted by Crippen LogP contribution is 2.35. The molecular weight excluding hydrogens is 333 g/mol. The van der Waals surface area contributed by atoms with Crippen molar-refractivity contribution in [1.82, 2.24) is 0 Å². The third-order valence-electron chi connectivity index (χ3n) is 2.16. The van der Waals surface area contributed by atoms with Crippen LogP contribution in [0.15, 0.2) is 12.1 Å². The zero-order chi connectivity index (χ0) is 14.8. The number of hydrogen-bond acceptors (Lipinski definition) is 4. The molecule has 0 amide bonds. The van der Waals surface area contributed by atoms with Gasteiger partial charge in [-0.3, -0.25) is 14.9 Å². The molecule has 5 nitrogen and oxygen atoms in total. The number of halogens is 4. The summed E-state index contributed by atoms with van der Waals surface area (Å²) in [5, 5.41) is 19.1. The predicted molar refractivity (Wildman–Crippen MR) is 60.9 cm³/mol. The monoisotopic (exact) mass is 336 g/mol. The maximum Gasteiger partial charge on any atom is 0.416 e. The normalized spacial score (nSPS) is 10.9. The highest BCUT2D eigenvalue weighted by atomic mass is 79.9. The molecule has 100 valence electrons. The maximum absolute atomic E-state index is 12.6. The zero-order valence-electron chi connectivity index (χ0n) is 8.99. The molecule has 1 rings (SSSR count). The van der Waals surface area contributed by atoms with Gasteiger partial charge in [-0.25, -0.2) is 0 Å². The molecule has 0 saturated heterocycles. The van der Waals surface area contributed by atoms with Crippen molar-refractivity contribution < 1.29 is 22.9 Å². The third kappa shape index (κ3) is 3.08. The van der Waals surface area contributed by atoms with Gasteiger partial charge in [-0.05, 0) is 12.1 Å². The SMILES string of the molecule is N#Cc1cc(C(F)(F)F)cc(C(=O)CBr)c1[N+](=O)[O-]. The highest BCUT2D eigenvalue weighted by molar-refractivity contribution is 9.09. The molecule has 0 spiro atoms. The van der Waals surface area contributed by atoms with Gasteiger partial charge in [0.25, 0.3) is 5.69 Å². The Morgan fingerprint density at radius 2 is 2.05 bits per heavy atom. The third-order valence-corrected chi connectivity index (χ3v) is 2.67. The van der Waals surface area contributed by atoms with Crippen molar-refractivity contribution in [3.05, 3.63) is 38.9 Å². The number of carbonyl (C=O) groups excluding carboxylic acids is 1. The van der Waals surface area contributed by atoms with Crippen LogP contribution in [0.2, 0.25) is 0 Å². The van der Waals surface area contributed by atoms with Crippen LogP contribution in [0.4, 0.5) is 18.9 Å². The molecule has 0 unspecified atom stereocenters. The number of nitro groups is 1. The van der Waals surface area contributed by atoms with E-state index in [0.717, 1.165) is 0 Å². The molecule has 9 heteroatoms. The van der Waals surface area contributed by atoms with E-state index in [0.29, 0.717) is 12.1 Å². The fourth-order valence-electron chi connectivity index (χ4n) is 1.36. The van der Waals surface area contributed by atoms with Crippen LogP contribution in [0.25, 0.3) is 0 Å². The van der Waals surface area contributed by atoms with E-state index in [1.807, 2.05) is 0 Å². The predicted octanol–water partition coefficient (Wildman–Crippen LogP) is 3.06. The number of nitriles is 1. The van der Waals surface area contributed by atoms with Crippen LogP contribution in [-0.4, -0.2) is 16.0 Å². The van der Waals surface area contributed by atoms with Gasteiger partial charge in [0.05, 0.1) is 21.4 Å². The van der Waals surface area contributed by atoms with Gasteiger partial charge in [0.15, 0.2) is 5.78 Å². The number of benzene rings is 1. The summed E-state index contributed by atoms with van der Waals surface area (Å²) in [5.74, 6) is -0.908. The van der Waals surface area contributed by atoms with Crippen molar-refractivity contribution in [2.45, 2.75) is 6.18 Å². The lowest BCUT2D eigenvalue weighted by Gasteiger charge is -2.09. The molecule has 0 aromatic heterocycles. The van der Waals surface area contributed by atoms with Crippen molar-refractivity contribution >= 4 is 27.4 Å². The number of rotatable bonds is 3. The van der Waals surface area contributed by atoms with E-state index >= 15 is 0 Å². The minimum Gasteiger partial charge on any atom is -0.293 e. The molecule has 0 radical (unpaired) electrons. The second-order valence-electron chi connectivity index (χ2n) is 3.34. The molecule has 0 atom stereocenters. The summed E-state index contributed by atoms with van der Waals surface area (Å²) in [5.41, 5.74) is -3.74. The number of nitro benzene ring substituents is 1. The minimum atomic E-state index is -4.80. The second kappa shape index (κ2) is 5.36. The minimum absolute atomic E-state index is 0.350. The topological polar surface area (TPSA) is 84.0 Å². The standard InChI is InChI=1S/C10H4BrF3N2O3/c11-3-8(17)7-2-6(10(12,13)14)1-5(4-15)9(7)16(18)19/h1-2H,3H2. The summed E-state index contributed by atoms with van der Waals surface area (Å²) in [6.45, 7) is 0. The first kappa shape index (κ1) is 15.1. The van der Waals surface area contributed by atoms with Crippen molar-refractivity contribution in [1.29, 1.82) is 5.26 Å². The second-order valence-corrected chi connectivity index (χ2v) is 3.90. The van der Waals surface area contributed by atoms with Crippen LogP contribution in [-0.2, 0) is 6.18 Å². The number of Topliss-reactive ketones (excluding diaryl/α,β-unsaturated/α-hetero) is 1. The van der Waals surface area contributed by atoms with Crippen molar-refractivity contribution in [3.63, 3.8) is 0 Å². The fraction of sp³-hybridized carbons (Fsp3) is 0.200. The lowest BCUT2D eigenvalue weighted by Crippen LogP contribution is -2.12. The molecule has 19 heavy (non-hydrogen) atoms. The van der Waals surface area contributed by atoms with Crippen molar-refractivity contribution in [2.75, 3.05) is 5.33 Å². The summed E-state index contributed by atoms with van der Waals surface area (Å²) < 4.78 is 37.7. The first-order chi connectivity index (χ1) is 8.72. The highest BCUT2D eigenvalue weighted by Gasteiger charge is 2.35. The van der Waals surface area contributed by atoms with E-state index in [1.165, 1.54) is 6.07 Å². The number of carbonyl (C=O) groups is 1. The van der Waals surface area contributed by atoms with Gasteiger partial charge >= 0.3 is 6.18 Å². The maximum atomic E-state index is 12.6. The van der Waals surface area contributed by atoms with E-state index in [-0.39, 0.29) is 5.33 Å². The van der Waals surface area contributed by atoms with Crippen molar-refractivity contribution in [2.24, 2.45) is 0 Å². The Labute approximate surface area is 112 Å². The van der Waals surface area contributed by atoms with Gasteiger partial charge in [0.1, 0.15) is 11.6 Å². The fourth-order valence-corrected chi connectivity index (χ4v) is 1.67. The van der Waals surface area contributed by atoms with Crippen LogP contribution in [0.1, 0.15) is 21.5 Å². The largest absolute Gasteiger partial charge is 0.416 e. The van der Waals surface area contributed by atoms with Gasteiger partial charge in [0, 0.05) is 0 Å². The average Bonchev–Trinajstić information content (AvgIpc) is 2.34. The van der Waals surface area contributed by atoms with Crippen LogP contribution >= 0.6 is 15.9 Å². The number of ketones is 1. The smallest absolute Gasteiger partial charge is 0.293 e. The summed E-state index contributed by atoms with van der Waals surface area (Å²) in [4.78, 5) is 21.2. The first-order valence-corrected chi connectivity index (χ1v) is 5.73. The van der Waals surface area contributed by atoms with Crippen LogP contribution in [0.5, 0.6) is 0 Å². The molecule has 0 aliphatic heterocycles. The quantitative estimate of drug-likeness (QED) is 0.367. The Hall–Kier alpha value is -1.95. The lowest BCUT2D eigenvalue weighted by molar-refractivity contribution is -0.385. The molecule has 0 bridgehead atoms. The molecule has 0 fully saturated rings. The van der Waals surface area contributed by atoms with Gasteiger partial charge in [-0.15, -0.1) is 0 Å². The summed E-state index contributed by atoms with van der Waals surface area (Å²) in [6, 6.07) is 2.03. The van der Waals surface area contributed by atoms with Crippen LogP contribution in [0.3, 0.4) is 0 Å². The van der Waals surface area contributed by atoms with Crippen LogP contribution in [0, 0.1) is 21.4 Å². The van der Waals surface area contributed by atoms with E-state index < -0.39 is 39.3 Å². The van der Waals surface area contributed by atoms with Gasteiger partial charge in [-0.1, -0.05) is 15.9 Å². The molecule has 0 aliphatic rings. The Morgan fingerprint density at radius 3 is 2.42 bits per heavy atom. The Balaban J connectivity index is 3.71. The van der Waals surface area contributed by atoms with E-state index in [2.05, 4.69) is 15.9 Å². The molecule has 0 saturated carbocycles. The first-order valence-electron chi connectivity index (χ1n) is 4.61. The van der Waals surface area contributed by atoms with Gasteiger partial charge < -0.3 is 0 Å². The van der Waals surface area contributed by atoms with Crippen LogP contribution < -0.4 is 0 Å². The molecule has 1 aromatic carbocycles. The van der Waals surface area contributed by atoms with Gasteiger partial charge in [-0.2, -0.15) is 18.4 Å². The Kier molecular flexibility index (Phi) is 4.26. The molecular formula is C10H4BrF3N2O3. The lowest BCUT2D eigenvalue weighted by atomic mass is 10.0. The van der Waals surface area contributed by atoms with Crippen molar-refractivity contribution in [3.8, 4) is 6.07 Å². The number of nitrogens with zero attached hydrogens (tertiary/aromatic N) is 2. The summed E-state index contributed by atoms with van der Waals surface area (Å²) >= 11 is 2.72. The molecule has 1 aromatic rings. The zero-order valence-corrected chi connectivity index (χ0v) is 10.6. The summed E-state index contributed by atoms with van der Waals surface area (Å²) in [7, 11) is 0. The Bertz CT molecular complexity index is 593. The molecule has 0 aliphatic carbocycles. The molecule has 0 N–H and O–H groups in total. The summed E-state index contributed by atoms with van der Waals surface area (Å²) in [6.07, 6.45) is -4.80. The van der Waals surface area contributed by atoms with E-state index in [9.17, 15) is 28.1 Å². The molecule has 0 heterocycles. The van der Waals surface area contributed by atoms with E-state index in [1.54, 1.807) is 0 Å². The Morgan fingerprint density at radius 1 is 1.47 bits per heavy atom. The van der Waals surface area contributed by atoms with Gasteiger partial charge in [0.2, 0.25) is 0 Å². The van der Waals surface area contributed by atoms with E-state index in [4.69, 9.17) is 5.26 Å².